The molecule has 0 fully saturated rings. The molecule has 3 aromatic carbocycles. The molecule has 26 heavy (non-hydrogen) atoms. The fraction of sp³-hybridized carbons (Fsp3) is 0. The number of rotatable bonds is 5. The molecule has 0 saturated heterocycles. The van der Waals surface area contributed by atoms with E-state index in [0.29, 0.717) is 11.4 Å². The van der Waals surface area contributed by atoms with Gasteiger partial charge in [0.05, 0.1) is 10.6 Å². The van der Waals surface area contributed by atoms with Crippen LogP contribution in [0.2, 0.25) is 0 Å². The standard InChI is InChI=1S/C19H17N3O3S/c23-19(20-16-10-4-1-5-11-16)21-22(17-12-6-2-7-13-17)26(24,25)18-14-8-3-9-15-18/h1-15H,(H2,20,21,23). The summed E-state index contributed by atoms with van der Waals surface area (Å²) in [6.45, 7) is 0. The first-order chi connectivity index (χ1) is 12.6. The van der Waals surface area contributed by atoms with Gasteiger partial charge in [0.2, 0.25) is 0 Å². The number of carbonyl (C=O) groups excluding carboxylic acids is 1. The third kappa shape index (κ3) is 4.01. The van der Waals surface area contributed by atoms with Crippen LogP contribution in [0.25, 0.3) is 0 Å². The number of hydrogen-bond donors (Lipinski definition) is 2. The van der Waals surface area contributed by atoms with Gasteiger partial charge >= 0.3 is 6.03 Å². The zero-order chi connectivity index (χ0) is 18.4. The van der Waals surface area contributed by atoms with Crippen molar-refractivity contribution >= 4 is 27.4 Å². The van der Waals surface area contributed by atoms with E-state index < -0.39 is 16.1 Å². The van der Waals surface area contributed by atoms with Gasteiger partial charge < -0.3 is 5.32 Å². The summed E-state index contributed by atoms with van der Waals surface area (Å²) < 4.78 is 26.9. The van der Waals surface area contributed by atoms with E-state index in [9.17, 15) is 13.2 Å². The van der Waals surface area contributed by atoms with E-state index in [4.69, 9.17) is 0 Å². The first kappa shape index (κ1) is 17.5. The van der Waals surface area contributed by atoms with Crippen molar-refractivity contribution in [2.24, 2.45) is 0 Å². The highest BCUT2D eigenvalue weighted by molar-refractivity contribution is 7.92. The van der Waals surface area contributed by atoms with Crippen LogP contribution in [0.4, 0.5) is 16.2 Å². The third-order valence-electron chi connectivity index (χ3n) is 3.51. The zero-order valence-electron chi connectivity index (χ0n) is 13.7. The third-order valence-corrected chi connectivity index (χ3v) is 5.16. The Morgan fingerprint density at radius 1 is 0.731 bits per heavy atom. The number of benzene rings is 3. The normalized spacial score (nSPS) is 10.8. The van der Waals surface area contributed by atoms with Crippen LogP contribution >= 0.6 is 0 Å². The van der Waals surface area contributed by atoms with Crippen LogP contribution < -0.4 is 15.2 Å². The molecule has 0 aromatic heterocycles. The number of urea groups is 1. The van der Waals surface area contributed by atoms with Gasteiger partial charge in [0.15, 0.2) is 0 Å². The Hall–Kier alpha value is -3.32. The number of nitrogens with zero attached hydrogens (tertiary/aromatic N) is 1. The summed E-state index contributed by atoms with van der Waals surface area (Å²) in [7, 11) is -3.98. The Kier molecular flexibility index (Phi) is 5.19. The van der Waals surface area contributed by atoms with E-state index in [2.05, 4.69) is 10.7 Å². The second kappa shape index (κ2) is 7.71. The molecule has 0 aliphatic heterocycles. The number of hydrogen-bond acceptors (Lipinski definition) is 3. The maximum atomic E-state index is 13.0. The summed E-state index contributed by atoms with van der Waals surface area (Å²) in [6.07, 6.45) is 0. The van der Waals surface area contributed by atoms with Gasteiger partial charge in [-0.05, 0) is 36.4 Å². The van der Waals surface area contributed by atoms with Crippen LogP contribution in [0, 0.1) is 0 Å². The maximum absolute atomic E-state index is 13.0. The molecular weight excluding hydrogens is 350 g/mol. The van der Waals surface area contributed by atoms with Crippen molar-refractivity contribution in [1.82, 2.24) is 5.43 Å². The Morgan fingerprint density at radius 3 is 1.81 bits per heavy atom. The molecule has 2 amide bonds. The predicted octanol–water partition coefficient (Wildman–Crippen LogP) is 3.62. The minimum Gasteiger partial charge on any atom is -0.307 e. The molecule has 0 atom stereocenters. The fourth-order valence-electron chi connectivity index (χ4n) is 2.30. The summed E-state index contributed by atoms with van der Waals surface area (Å²) in [5.41, 5.74) is 3.29. The second-order valence-corrected chi connectivity index (χ2v) is 7.14. The highest BCUT2D eigenvalue weighted by Gasteiger charge is 2.26. The molecule has 6 nitrogen and oxygen atoms in total. The molecule has 0 unspecified atom stereocenters. The van der Waals surface area contributed by atoms with Crippen LogP contribution in [0.15, 0.2) is 95.9 Å². The first-order valence-electron chi connectivity index (χ1n) is 7.85. The van der Waals surface area contributed by atoms with Gasteiger partial charge in [-0.25, -0.2) is 10.2 Å². The van der Waals surface area contributed by atoms with E-state index in [0.717, 1.165) is 4.41 Å². The van der Waals surface area contributed by atoms with Crippen LogP contribution in [0.1, 0.15) is 0 Å². The van der Waals surface area contributed by atoms with Gasteiger partial charge in [0.1, 0.15) is 0 Å². The molecule has 0 radical (unpaired) electrons. The Balaban J connectivity index is 1.91. The van der Waals surface area contributed by atoms with Crippen molar-refractivity contribution in [2.75, 3.05) is 9.73 Å². The van der Waals surface area contributed by atoms with E-state index >= 15 is 0 Å². The Morgan fingerprint density at radius 2 is 1.23 bits per heavy atom. The minimum absolute atomic E-state index is 0.0730. The van der Waals surface area contributed by atoms with Crippen molar-refractivity contribution in [3.8, 4) is 0 Å². The Labute approximate surface area is 152 Å². The minimum atomic E-state index is -3.98. The molecule has 2 N–H and O–H groups in total. The molecule has 0 aliphatic rings. The number of hydrazine groups is 1. The van der Waals surface area contributed by atoms with Gasteiger partial charge in [-0.15, -0.1) is 0 Å². The number of carbonyl (C=O) groups is 1. The number of para-hydroxylation sites is 2. The molecule has 0 aliphatic carbocycles. The summed E-state index contributed by atoms with van der Waals surface area (Å²) in [6, 6.07) is 24.4. The monoisotopic (exact) mass is 367 g/mol. The van der Waals surface area contributed by atoms with Gasteiger partial charge in [-0.2, -0.15) is 12.8 Å². The maximum Gasteiger partial charge on any atom is 0.338 e. The number of sulfonamides is 1. The smallest absolute Gasteiger partial charge is 0.307 e. The van der Waals surface area contributed by atoms with Gasteiger partial charge in [-0.1, -0.05) is 54.6 Å². The number of amides is 2. The van der Waals surface area contributed by atoms with Crippen LogP contribution in [-0.2, 0) is 10.0 Å². The lowest BCUT2D eigenvalue weighted by Gasteiger charge is -2.24. The van der Waals surface area contributed by atoms with Crippen LogP contribution in [0.3, 0.4) is 0 Å². The van der Waals surface area contributed by atoms with Crippen LogP contribution in [0.5, 0.6) is 0 Å². The van der Waals surface area contributed by atoms with Crippen molar-refractivity contribution in [1.29, 1.82) is 0 Å². The topological polar surface area (TPSA) is 78.5 Å². The molecule has 132 valence electrons. The van der Waals surface area contributed by atoms with E-state index in [1.54, 1.807) is 72.8 Å². The highest BCUT2D eigenvalue weighted by atomic mass is 32.2. The Bertz CT molecular complexity index is 963. The second-order valence-electron chi connectivity index (χ2n) is 5.35. The molecule has 0 saturated carbocycles. The van der Waals surface area contributed by atoms with Gasteiger partial charge in [0, 0.05) is 5.69 Å². The largest absolute Gasteiger partial charge is 0.338 e. The molecular formula is C19H17N3O3S. The fourth-order valence-corrected chi connectivity index (χ4v) is 3.61. The lowest BCUT2D eigenvalue weighted by atomic mass is 10.3. The molecule has 3 rings (SSSR count). The SMILES string of the molecule is O=C(Nc1ccccc1)NN(c1ccccc1)S(=O)(=O)c1ccccc1. The molecule has 7 heteroatoms. The molecule has 0 bridgehead atoms. The predicted molar refractivity (Wildman–Crippen MR) is 101 cm³/mol. The average Bonchev–Trinajstić information content (AvgIpc) is 2.68. The summed E-state index contributed by atoms with van der Waals surface area (Å²) >= 11 is 0. The zero-order valence-corrected chi connectivity index (χ0v) is 14.6. The summed E-state index contributed by atoms with van der Waals surface area (Å²) in [4.78, 5) is 12.4. The number of anilines is 2. The van der Waals surface area contributed by atoms with Gasteiger partial charge in [-0.3, -0.25) is 0 Å². The quantitative estimate of drug-likeness (QED) is 0.676. The number of nitrogens with one attached hydrogen (secondary N) is 2. The highest BCUT2D eigenvalue weighted by Crippen LogP contribution is 2.21. The molecule has 0 heterocycles. The van der Waals surface area contributed by atoms with Crippen LogP contribution in [-0.4, -0.2) is 14.4 Å². The lowest BCUT2D eigenvalue weighted by Crippen LogP contribution is -2.48. The van der Waals surface area contributed by atoms with E-state index in [1.165, 1.54) is 12.1 Å². The first-order valence-corrected chi connectivity index (χ1v) is 9.29. The van der Waals surface area contributed by atoms with Crippen molar-refractivity contribution in [3.63, 3.8) is 0 Å². The molecule has 3 aromatic rings. The summed E-state index contributed by atoms with van der Waals surface area (Å²) in [5.74, 6) is 0. The average molecular weight is 367 g/mol. The van der Waals surface area contributed by atoms with E-state index in [1.807, 2.05) is 6.07 Å². The van der Waals surface area contributed by atoms with Crippen molar-refractivity contribution in [3.05, 3.63) is 91.0 Å². The lowest BCUT2D eigenvalue weighted by molar-refractivity contribution is 0.252. The van der Waals surface area contributed by atoms with Crippen molar-refractivity contribution < 1.29 is 13.2 Å². The van der Waals surface area contributed by atoms with Crippen molar-refractivity contribution in [2.45, 2.75) is 4.90 Å². The van der Waals surface area contributed by atoms with E-state index in [-0.39, 0.29) is 4.90 Å². The summed E-state index contributed by atoms with van der Waals surface area (Å²) in [5, 5.41) is 2.61. The van der Waals surface area contributed by atoms with Gasteiger partial charge in [0.25, 0.3) is 10.0 Å². The molecule has 0 spiro atoms.